The Labute approximate surface area is 222 Å². The molecule has 6 rings (SSSR count). The Balaban J connectivity index is 1.25. The quantitative estimate of drug-likeness (QED) is 0.445. The molecule has 38 heavy (non-hydrogen) atoms. The number of aliphatic hydroxyl groups excluding tert-OH is 1. The number of hydrogen-bond acceptors (Lipinski definition) is 7. The Hall–Kier alpha value is -2.65. The second-order valence-electron chi connectivity index (χ2n) is 10.1. The zero-order valence-electron chi connectivity index (χ0n) is 21.2. The first-order valence-corrected chi connectivity index (χ1v) is 14.2. The SMILES string of the molecule is Cc1cn([C@H]2C[C@@H](O[P@@]3O[C@H](C(c4ccccc4)c4ccccc4)[C@@H]4CCCN43)[C@@H](CO)O2)c(=O)[nH]c1=O. The van der Waals surface area contributed by atoms with E-state index in [1.165, 1.54) is 21.9 Å². The van der Waals surface area contributed by atoms with E-state index in [1.54, 1.807) is 6.92 Å². The van der Waals surface area contributed by atoms with Crippen molar-refractivity contribution >= 4 is 8.53 Å². The molecule has 0 spiro atoms. The zero-order valence-corrected chi connectivity index (χ0v) is 22.1. The van der Waals surface area contributed by atoms with E-state index < -0.39 is 38.2 Å². The Morgan fingerprint density at radius 2 is 1.79 bits per heavy atom. The van der Waals surface area contributed by atoms with Gasteiger partial charge in [0.2, 0.25) is 0 Å². The number of aliphatic hydroxyl groups is 1. The van der Waals surface area contributed by atoms with E-state index in [9.17, 15) is 14.7 Å². The van der Waals surface area contributed by atoms with Crippen LogP contribution in [0.3, 0.4) is 0 Å². The van der Waals surface area contributed by atoms with Gasteiger partial charge in [0, 0.05) is 36.7 Å². The third-order valence-corrected chi connectivity index (χ3v) is 9.55. The molecule has 3 aliphatic heterocycles. The number of aryl methyl sites for hydroxylation is 1. The molecule has 3 fully saturated rings. The van der Waals surface area contributed by atoms with E-state index in [4.69, 9.17) is 13.8 Å². The molecule has 3 aromatic rings. The number of nitrogens with one attached hydrogen (secondary N) is 1. The monoisotopic (exact) mass is 537 g/mol. The van der Waals surface area contributed by atoms with Crippen molar-refractivity contribution in [2.75, 3.05) is 13.2 Å². The normalized spacial score (nSPS) is 29.2. The number of hydrogen-bond donors (Lipinski definition) is 2. The van der Waals surface area contributed by atoms with Gasteiger partial charge in [0.05, 0.1) is 18.8 Å². The molecule has 0 bridgehead atoms. The number of rotatable bonds is 7. The van der Waals surface area contributed by atoms with E-state index >= 15 is 0 Å². The summed E-state index contributed by atoms with van der Waals surface area (Å²) in [6.45, 7) is 2.29. The van der Waals surface area contributed by atoms with Crippen LogP contribution in [0.5, 0.6) is 0 Å². The summed E-state index contributed by atoms with van der Waals surface area (Å²) in [6.07, 6.45) is 2.17. The van der Waals surface area contributed by atoms with Crippen LogP contribution >= 0.6 is 8.53 Å². The Bertz CT molecular complexity index is 1330. The van der Waals surface area contributed by atoms with Gasteiger partial charge in [-0.25, -0.2) is 9.46 Å². The van der Waals surface area contributed by atoms with Crippen molar-refractivity contribution in [1.29, 1.82) is 0 Å². The van der Waals surface area contributed by atoms with Gasteiger partial charge in [0.25, 0.3) is 14.1 Å². The Kier molecular flexibility index (Phi) is 7.31. The maximum Gasteiger partial charge on any atom is 0.330 e. The lowest BCUT2D eigenvalue weighted by Gasteiger charge is -2.27. The molecule has 6 atom stereocenters. The van der Waals surface area contributed by atoms with E-state index in [0.717, 1.165) is 19.4 Å². The van der Waals surface area contributed by atoms with Crippen molar-refractivity contribution in [2.45, 2.75) is 62.7 Å². The minimum absolute atomic E-state index is 0.0583. The summed E-state index contributed by atoms with van der Waals surface area (Å²) in [6, 6.07) is 21.2. The summed E-state index contributed by atoms with van der Waals surface area (Å²) in [5.41, 5.74) is 1.86. The predicted octanol–water partition coefficient (Wildman–Crippen LogP) is 3.43. The van der Waals surface area contributed by atoms with E-state index in [0.29, 0.717) is 12.0 Å². The van der Waals surface area contributed by atoms with Crippen molar-refractivity contribution < 1.29 is 18.9 Å². The van der Waals surface area contributed by atoms with Gasteiger partial charge in [0.1, 0.15) is 12.3 Å². The number of aromatic amines is 1. The van der Waals surface area contributed by atoms with Gasteiger partial charge in [-0.3, -0.25) is 14.3 Å². The summed E-state index contributed by atoms with van der Waals surface area (Å²) < 4.78 is 23.1. The minimum atomic E-state index is -1.39. The molecule has 3 aliphatic rings. The fraction of sp³-hybridized carbons (Fsp3) is 0.429. The summed E-state index contributed by atoms with van der Waals surface area (Å²) >= 11 is 0. The van der Waals surface area contributed by atoms with E-state index in [-0.39, 0.29) is 24.7 Å². The van der Waals surface area contributed by atoms with Crippen LogP contribution in [0.25, 0.3) is 0 Å². The molecule has 0 saturated carbocycles. The first-order valence-electron chi connectivity index (χ1n) is 13.1. The van der Waals surface area contributed by atoms with Crippen LogP contribution in [0.15, 0.2) is 76.4 Å². The molecule has 9 nitrogen and oxygen atoms in total. The lowest BCUT2D eigenvalue weighted by atomic mass is 9.83. The Morgan fingerprint density at radius 1 is 1.11 bits per heavy atom. The number of nitrogens with zero attached hydrogens (tertiary/aromatic N) is 2. The molecule has 4 heterocycles. The predicted molar refractivity (Wildman–Crippen MR) is 143 cm³/mol. The van der Waals surface area contributed by atoms with Crippen LogP contribution in [-0.2, 0) is 13.8 Å². The first kappa shape index (κ1) is 25.6. The first-order chi connectivity index (χ1) is 18.5. The molecule has 0 amide bonds. The van der Waals surface area contributed by atoms with Gasteiger partial charge in [-0.05, 0) is 30.9 Å². The van der Waals surface area contributed by atoms with Crippen molar-refractivity contribution in [3.05, 3.63) is 104 Å². The van der Waals surface area contributed by atoms with Gasteiger partial charge in [0.15, 0.2) is 0 Å². The third-order valence-electron chi connectivity index (χ3n) is 7.76. The summed E-state index contributed by atoms with van der Waals surface area (Å²) in [5.74, 6) is 0.0583. The number of H-pyrrole nitrogens is 1. The maximum atomic E-state index is 12.5. The van der Waals surface area contributed by atoms with Crippen LogP contribution in [0.1, 0.15) is 48.1 Å². The van der Waals surface area contributed by atoms with Crippen LogP contribution in [0.4, 0.5) is 0 Å². The number of benzene rings is 2. The van der Waals surface area contributed by atoms with Gasteiger partial charge in [-0.15, -0.1) is 0 Å². The molecule has 200 valence electrons. The topological polar surface area (TPSA) is 106 Å². The smallest absolute Gasteiger partial charge is 0.330 e. The summed E-state index contributed by atoms with van der Waals surface area (Å²) in [7, 11) is -1.39. The highest BCUT2D eigenvalue weighted by Crippen LogP contribution is 2.60. The lowest BCUT2D eigenvalue weighted by Crippen LogP contribution is -2.33. The van der Waals surface area contributed by atoms with Gasteiger partial charge >= 0.3 is 5.69 Å². The van der Waals surface area contributed by atoms with Crippen LogP contribution < -0.4 is 11.2 Å². The van der Waals surface area contributed by atoms with Crippen molar-refractivity contribution in [1.82, 2.24) is 14.2 Å². The molecule has 10 heteroatoms. The maximum absolute atomic E-state index is 12.5. The van der Waals surface area contributed by atoms with Crippen molar-refractivity contribution in [3.8, 4) is 0 Å². The molecule has 0 radical (unpaired) electrons. The molecule has 1 aromatic heterocycles. The average Bonchev–Trinajstić information content (AvgIpc) is 3.65. The van der Waals surface area contributed by atoms with Gasteiger partial charge in [-0.2, -0.15) is 0 Å². The largest absolute Gasteiger partial charge is 0.394 e. The van der Waals surface area contributed by atoms with E-state index in [1.807, 2.05) is 12.1 Å². The second kappa shape index (κ2) is 10.8. The summed E-state index contributed by atoms with van der Waals surface area (Å²) in [5, 5.41) is 10.1. The molecular formula is C28H32N3O6P. The molecule has 2 aromatic carbocycles. The molecule has 0 unspecified atom stereocenters. The highest BCUT2D eigenvalue weighted by Gasteiger charge is 2.52. The fourth-order valence-electron chi connectivity index (χ4n) is 5.87. The molecule has 2 N–H and O–H groups in total. The van der Waals surface area contributed by atoms with Gasteiger partial charge < -0.3 is 18.9 Å². The van der Waals surface area contributed by atoms with Crippen LogP contribution in [-0.4, -0.2) is 56.8 Å². The van der Waals surface area contributed by atoms with E-state index in [2.05, 4.69) is 58.2 Å². The van der Waals surface area contributed by atoms with Crippen molar-refractivity contribution in [2.24, 2.45) is 0 Å². The fourth-order valence-corrected chi connectivity index (χ4v) is 7.88. The Morgan fingerprint density at radius 3 is 2.45 bits per heavy atom. The van der Waals surface area contributed by atoms with Crippen LogP contribution in [0.2, 0.25) is 0 Å². The molecular weight excluding hydrogens is 505 g/mol. The van der Waals surface area contributed by atoms with Crippen LogP contribution in [0, 0.1) is 6.92 Å². The third kappa shape index (κ3) is 4.79. The standard InChI is InChI=1S/C28H32N3O6P/c1-18-16-30(28(34)29-27(18)33)24-15-22(23(17-32)35-24)36-38-31-14-8-13-21(31)26(37-38)25(19-9-4-2-5-10-19)20-11-6-3-7-12-20/h2-7,9-12,16,21-26,32H,8,13-15,17H2,1H3,(H,29,33,34)/t21-,22+,23+,24+,26-,38-/m0/s1. The average molecular weight is 538 g/mol. The minimum Gasteiger partial charge on any atom is -0.394 e. The molecule has 3 saturated heterocycles. The number of aromatic nitrogens is 2. The highest BCUT2D eigenvalue weighted by molar-refractivity contribution is 7.45. The summed E-state index contributed by atoms with van der Waals surface area (Å²) in [4.78, 5) is 26.6. The van der Waals surface area contributed by atoms with Gasteiger partial charge in [-0.1, -0.05) is 60.7 Å². The molecule has 0 aliphatic carbocycles. The number of fused-ring (bicyclic) bond motifs is 1. The highest BCUT2D eigenvalue weighted by atomic mass is 31.2. The lowest BCUT2D eigenvalue weighted by molar-refractivity contribution is -0.0429. The van der Waals surface area contributed by atoms with Crippen molar-refractivity contribution in [3.63, 3.8) is 0 Å². The zero-order chi connectivity index (χ0) is 26.2. The second-order valence-corrected chi connectivity index (χ2v) is 11.6. The number of ether oxygens (including phenoxy) is 1.